The molecule has 0 aliphatic carbocycles. The number of rotatable bonds is 4. The van der Waals surface area contributed by atoms with E-state index in [1.54, 1.807) is 12.1 Å². The molecule has 1 N–H and O–H groups in total. The Morgan fingerprint density at radius 3 is 2.29 bits per heavy atom. The van der Waals surface area contributed by atoms with Crippen LogP contribution >= 0.6 is 0 Å². The number of hydrogen-bond donors (Lipinski definition) is 1. The topological polar surface area (TPSA) is 82.9 Å². The summed E-state index contributed by atoms with van der Waals surface area (Å²) in [5.41, 5.74) is -0.694. The summed E-state index contributed by atoms with van der Waals surface area (Å²) < 4.78 is 44.8. The molecule has 3 rings (SSSR count). The molecule has 0 saturated carbocycles. The maximum Gasteiger partial charge on any atom is 0.289 e. The zero-order valence-corrected chi connectivity index (χ0v) is 14.6. The molecular weight excluding hydrogens is 379 g/mol. The first-order valence-electron chi connectivity index (χ1n) is 8.40. The number of piperazine rings is 1. The summed E-state index contributed by atoms with van der Waals surface area (Å²) in [5.74, 6) is -6.32. The van der Waals surface area contributed by atoms with Crippen LogP contribution in [-0.4, -0.2) is 60.2 Å². The first kappa shape index (κ1) is 19.5. The molecule has 1 saturated heterocycles. The summed E-state index contributed by atoms with van der Waals surface area (Å²) in [5, 5.41) is 2.19. The van der Waals surface area contributed by atoms with E-state index >= 15 is 0 Å². The third-order valence-electron chi connectivity index (χ3n) is 4.33. The van der Waals surface area contributed by atoms with Gasteiger partial charge in [0.2, 0.25) is 5.91 Å². The first-order chi connectivity index (χ1) is 13.4. The van der Waals surface area contributed by atoms with Crippen LogP contribution in [0.4, 0.5) is 13.2 Å². The van der Waals surface area contributed by atoms with Crippen molar-refractivity contribution in [3.8, 4) is 0 Å². The van der Waals surface area contributed by atoms with Gasteiger partial charge in [-0.3, -0.25) is 14.4 Å². The predicted octanol–water partition coefficient (Wildman–Crippen LogP) is 1.41. The maximum atomic E-state index is 13.6. The maximum absolute atomic E-state index is 13.6. The quantitative estimate of drug-likeness (QED) is 0.794. The van der Waals surface area contributed by atoms with E-state index < -0.39 is 41.4 Å². The highest BCUT2D eigenvalue weighted by Crippen LogP contribution is 2.15. The van der Waals surface area contributed by atoms with Gasteiger partial charge >= 0.3 is 0 Å². The van der Waals surface area contributed by atoms with Gasteiger partial charge in [-0.2, -0.15) is 0 Å². The van der Waals surface area contributed by atoms with E-state index in [2.05, 4.69) is 5.32 Å². The van der Waals surface area contributed by atoms with E-state index in [0.717, 1.165) is 6.07 Å². The fourth-order valence-corrected chi connectivity index (χ4v) is 2.78. The van der Waals surface area contributed by atoms with Crippen molar-refractivity contribution in [1.82, 2.24) is 15.1 Å². The minimum Gasteiger partial charge on any atom is -0.459 e. The fourth-order valence-electron chi connectivity index (χ4n) is 2.78. The average Bonchev–Trinajstić information content (AvgIpc) is 3.24. The highest BCUT2D eigenvalue weighted by Gasteiger charge is 2.26. The van der Waals surface area contributed by atoms with Crippen molar-refractivity contribution in [2.75, 3.05) is 32.7 Å². The van der Waals surface area contributed by atoms with E-state index in [1.807, 2.05) is 0 Å². The number of amides is 3. The zero-order valence-electron chi connectivity index (χ0n) is 14.6. The monoisotopic (exact) mass is 395 g/mol. The van der Waals surface area contributed by atoms with Gasteiger partial charge in [0.15, 0.2) is 23.2 Å². The van der Waals surface area contributed by atoms with Crippen molar-refractivity contribution in [1.29, 1.82) is 0 Å². The Bertz CT molecular complexity index is 894. The van der Waals surface area contributed by atoms with Gasteiger partial charge in [-0.05, 0) is 24.3 Å². The summed E-state index contributed by atoms with van der Waals surface area (Å²) in [6.45, 7) is 0.638. The van der Waals surface area contributed by atoms with Crippen molar-refractivity contribution in [3.63, 3.8) is 0 Å². The van der Waals surface area contributed by atoms with Crippen LogP contribution in [0.2, 0.25) is 0 Å². The Hall–Kier alpha value is -3.30. The molecule has 10 heteroatoms. The second kappa shape index (κ2) is 8.15. The minimum absolute atomic E-state index is 0.209. The van der Waals surface area contributed by atoms with Crippen molar-refractivity contribution in [3.05, 3.63) is 59.3 Å². The molecule has 2 heterocycles. The molecule has 1 aliphatic rings. The summed E-state index contributed by atoms with van der Waals surface area (Å²) in [6, 6.07) is 4.58. The van der Waals surface area contributed by atoms with Crippen LogP contribution in [-0.2, 0) is 4.79 Å². The lowest BCUT2D eigenvalue weighted by molar-refractivity contribution is -0.131. The van der Waals surface area contributed by atoms with Gasteiger partial charge in [-0.25, -0.2) is 13.2 Å². The van der Waals surface area contributed by atoms with Gasteiger partial charge in [-0.15, -0.1) is 0 Å². The Morgan fingerprint density at radius 2 is 1.64 bits per heavy atom. The van der Waals surface area contributed by atoms with Gasteiger partial charge in [0.1, 0.15) is 0 Å². The Morgan fingerprint density at radius 1 is 0.964 bits per heavy atom. The number of hydrogen-bond acceptors (Lipinski definition) is 4. The van der Waals surface area contributed by atoms with Crippen LogP contribution in [0.5, 0.6) is 0 Å². The third-order valence-corrected chi connectivity index (χ3v) is 4.33. The van der Waals surface area contributed by atoms with E-state index in [4.69, 9.17) is 4.42 Å². The number of carbonyl (C=O) groups is 3. The lowest BCUT2D eigenvalue weighted by Gasteiger charge is -2.34. The van der Waals surface area contributed by atoms with Crippen LogP contribution in [0.15, 0.2) is 34.9 Å². The molecule has 0 bridgehead atoms. The normalized spacial score (nSPS) is 14.1. The average molecular weight is 395 g/mol. The Balaban J connectivity index is 1.50. The molecule has 28 heavy (non-hydrogen) atoms. The second-order valence-electron chi connectivity index (χ2n) is 6.06. The van der Waals surface area contributed by atoms with E-state index in [-0.39, 0.29) is 37.8 Å². The molecule has 0 spiro atoms. The van der Waals surface area contributed by atoms with Gasteiger partial charge in [0.25, 0.3) is 11.8 Å². The minimum atomic E-state index is -1.75. The Kier molecular flexibility index (Phi) is 5.67. The molecule has 148 valence electrons. The second-order valence-corrected chi connectivity index (χ2v) is 6.06. The van der Waals surface area contributed by atoms with Crippen molar-refractivity contribution in [2.24, 2.45) is 0 Å². The standard InChI is InChI=1S/C18H16F3N3O4/c19-12-4-3-11(15(20)16(12)21)17(26)22-10-14(25)23-5-7-24(8-6-23)18(27)13-2-1-9-28-13/h1-4,9H,5-8,10H2,(H,22,26). The van der Waals surface area contributed by atoms with Gasteiger partial charge in [0, 0.05) is 26.2 Å². The smallest absolute Gasteiger partial charge is 0.289 e. The summed E-state index contributed by atoms with van der Waals surface area (Å²) in [4.78, 5) is 39.3. The number of nitrogens with one attached hydrogen (secondary N) is 1. The SMILES string of the molecule is O=C(NCC(=O)N1CCN(C(=O)c2ccco2)CC1)c1ccc(F)c(F)c1F. The first-order valence-corrected chi connectivity index (χ1v) is 8.40. The van der Waals surface area contributed by atoms with E-state index in [9.17, 15) is 27.6 Å². The molecular formula is C18H16F3N3O4. The lowest BCUT2D eigenvalue weighted by Crippen LogP contribution is -2.52. The van der Waals surface area contributed by atoms with E-state index in [0.29, 0.717) is 6.07 Å². The largest absolute Gasteiger partial charge is 0.459 e. The molecule has 1 aliphatic heterocycles. The number of carbonyl (C=O) groups excluding carboxylic acids is 3. The van der Waals surface area contributed by atoms with Crippen LogP contribution in [0.25, 0.3) is 0 Å². The highest BCUT2D eigenvalue weighted by molar-refractivity contribution is 5.96. The molecule has 0 unspecified atom stereocenters. The fraction of sp³-hybridized carbons (Fsp3) is 0.278. The summed E-state index contributed by atoms with van der Waals surface area (Å²) in [7, 11) is 0. The summed E-state index contributed by atoms with van der Waals surface area (Å²) >= 11 is 0. The zero-order chi connectivity index (χ0) is 20.3. The third kappa shape index (κ3) is 4.00. The number of nitrogens with zero attached hydrogens (tertiary/aromatic N) is 2. The van der Waals surface area contributed by atoms with Crippen LogP contribution in [0, 0.1) is 17.5 Å². The molecule has 7 nitrogen and oxygen atoms in total. The molecule has 0 atom stereocenters. The van der Waals surface area contributed by atoms with Gasteiger partial charge in [0.05, 0.1) is 18.4 Å². The number of benzene rings is 1. The highest BCUT2D eigenvalue weighted by atomic mass is 19.2. The number of furan rings is 1. The van der Waals surface area contributed by atoms with Crippen LogP contribution in [0.1, 0.15) is 20.9 Å². The molecule has 0 radical (unpaired) electrons. The summed E-state index contributed by atoms with van der Waals surface area (Å²) in [6.07, 6.45) is 1.39. The van der Waals surface area contributed by atoms with Crippen molar-refractivity contribution in [2.45, 2.75) is 0 Å². The molecule has 1 aromatic heterocycles. The van der Waals surface area contributed by atoms with E-state index in [1.165, 1.54) is 16.1 Å². The Labute approximate surface area is 157 Å². The molecule has 2 aromatic rings. The molecule has 3 amide bonds. The van der Waals surface area contributed by atoms with Crippen LogP contribution < -0.4 is 5.32 Å². The van der Waals surface area contributed by atoms with Gasteiger partial charge < -0.3 is 19.5 Å². The predicted molar refractivity (Wildman–Crippen MR) is 89.8 cm³/mol. The lowest BCUT2D eigenvalue weighted by atomic mass is 10.2. The van der Waals surface area contributed by atoms with Crippen LogP contribution in [0.3, 0.4) is 0 Å². The van der Waals surface area contributed by atoms with Crippen molar-refractivity contribution >= 4 is 17.7 Å². The van der Waals surface area contributed by atoms with Crippen molar-refractivity contribution < 1.29 is 32.0 Å². The number of halogens is 3. The van der Waals surface area contributed by atoms with Gasteiger partial charge in [-0.1, -0.05) is 0 Å². The molecule has 1 aromatic carbocycles. The molecule has 1 fully saturated rings.